The number of hydrogen-bond donors (Lipinski definition) is 0. The molecule has 2 rings (SSSR count). The Bertz CT molecular complexity index is 862. The van der Waals surface area contributed by atoms with Gasteiger partial charge in [0.05, 0.1) is 17.7 Å². The third-order valence-electron chi connectivity index (χ3n) is 3.86. The summed E-state index contributed by atoms with van der Waals surface area (Å²) in [5.74, 6) is 0.781. The quantitative estimate of drug-likeness (QED) is 0.389. The minimum Gasteiger partial charge on any atom is -0.493 e. The molecular formula is C20H18F6LiO2P. The summed E-state index contributed by atoms with van der Waals surface area (Å²) in [6.07, 6.45) is -10.2. The second-order valence-corrected chi connectivity index (χ2v) is 7.91. The van der Waals surface area contributed by atoms with Gasteiger partial charge in [0.15, 0.2) is 0 Å². The van der Waals surface area contributed by atoms with Crippen LogP contribution in [-0.4, -0.2) is 12.1 Å². The van der Waals surface area contributed by atoms with Crippen molar-refractivity contribution in [1.29, 1.82) is 0 Å². The molecule has 2 aromatic carbocycles. The zero-order valence-electron chi connectivity index (χ0n) is 16.8. The molecule has 0 aliphatic heterocycles. The number of rotatable bonds is 6. The van der Waals surface area contributed by atoms with Crippen LogP contribution in [0.2, 0.25) is 0 Å². The Kier molecular flexibility index (Phi) is 9.04. The van der Waals surface area contributed by atoms with Crippen LogP contribution in [0.5, 0.6) is 5.75 Å². The first kappa shape index (κ1) is 26.6. The largest absolute Gasteiger partial charge is 1.00 e. The molecule has 0 N–H and O–H groups in total. The first-order chi connectivity index (χ1) is 13.3. The van der Waals surface area contributed by atoms with E-state index in [1.165, 1.54) is 12.1 Å². The van der Waals surface area contributed by atoms with Gasteiger partial charge < -0.3 is 18.1 Å². The summed E-state index contributed by atoms with van der Waals surface area (Å²) in [6, 6.07) is 6.20. The SMILES string of the molecule is Cc1cc(OCC(C)C)ccc1[P-]C(=O)c1c(C(F)(F)F)cccc1C(F)(F)F.[Li+]. The van der Waals surface area contributed by atoms with E-state index in [2.05, 4.69) is 0 Å². The Morgan fingerprint density at radius 1 is 1.00 bits per heavy atom. The number of ether oxygens (including phenoxy) is 1. The summed E-state index contributed by atoms with van der Waals surface area (Å²) in [5, 5.41) is 0.303. The second kappa shape index (κ2) is 10.2. The van der Waals surface area contributed by atoms with Crippen molar-refractivity contribution in [2.24, 2.45) is 5.92 Å². The van der Waals surface area contributed by atoms with Crippen molar-refractivity contribution in [2.75, 3.05) is 6.61 Å². The van der Waals surface area contributed by atoms with Crippen molar-refractivity contribution in [3.8, 4) is 5.75 Å². The fourth-order valence-corrected chi connectivity index (χ4v) is 3.49. The molecule has 10 heteroatoms. The van der Waals surface area contributed by atoms with E-state index in [-0.39, 0.29) is 33.4 Å². The minimum atomic E-state index is -5.09. The number of aryl methyl sites for hydroxylation is 1. The summed E-state index contributed by atoms with van der Waals surface area (Å²) in [4.78, 5) is 12.6. The fourth-order valence-electron chi connectivity index (χ4n) is 2.53. The molecule has 2 aromatic rings. The van der Waals surface area contributed by atoms with Crippen molar-refractivity contribution < 1.29 is 54.7 Å². The van der Waals surface area contributed by atoms with Gasteiger partial charge in [0.2, 0.25) is 0 Å². The maximum absolute atomic E-state index is 13.3. The van der Waals surface area contributed by atoms with Crippen LogP contribution in [0.3, 0.4) is 0 Å². The third kappa shape index (κ3) is 6.77. The molecule has 0 aliphatic carbocycles. The Balaban J connectivity index is 0.00000450. The number of hydrogen-bond acceptors (Lipinski definition) is 2. The molecule has 30 heavy (non-hydrogen) atoms. The average Bonchev–Trinajstić information content (AvgIpc) is 2.59. The Labute approximate surface area is 184 Å². The molecule has 0 heterocycles. The number of carbonyl (C=O) groups excluding carboxylic acids is 1. The summed E-state index contributed by atoms with van der Waals surface area (Å²) >= 11 is 0. The van der Waals surface area contributed by atoms with Crippen LogP contribution in [0.15, 0.2) is 36.4 Å². The van der Waals surface area contributed by atoms with Crippen LogP contribution in [0.25, 0.3) is 0 Å². The summed E-state index contributed by atoms with van der Waals surface area (Å²) < 4.78 is 85.1. The van der Waals surface area contributed by atoms with Crippen LogP contribution >= 0.6 is 8.58 Å². The van der Waals surface area contributed by atoms with Gasteiger partial charge in [-0.15, -0.1) is 0 Å². The van der Waals surface area contributed by atoms with E-state index in [0.29, 0.717) is 41.4 Å². The average molecular weight is 442 g/mol. The van der Waals surface area contributed by atoms with Gasteiger partial charge in [0.1, 0.15) is 5.75 Å². The Morgan fingerprint density at radius 3 is 1.97 bits per heavy atom. The minimum absolute atomic E-state index is 0. The fraction of sp³-hybridized carbons (Fsp3) is 0.350. The molecule has 0 unspecified atom stereocenters. The zero-order valence-corrected chi connectivity index (χ0v) is 17.7. The van der Waals surface area contributed by atoms with Crippen LogP contribution in [-0.2, 0) is 12.4 Å². The molecule has 2 nitrogen and oxygen atoms in total. The van der Waals surface area contributed by atoms with Crippen LogP contribution in [0.4, 0.5) is 26.3 Å². The standard InChI is InChI=1S/C20H18F6O2P.Li/c1-11(2)10-28-13-7-8-16(12(3)9-13)29-18(27)17-14(19(21,22)23)5-4-6-15(17)20(24,25)26;/h4-9,11H,10H2,1-3H3;/q-1;+1. The molecule has 0 amide bonds. The first-order valence-corrected chi connectivity index (χ1v) is 9.47. The smallest absolute Gasteiger partial charge is 0.493 e. The first-order valence-electron chi connectivity index (χ1n) is 8.57. The molecule has 0 aliphatic rings. The second-order valence-electron chi connectivity index (χ2n) is 6.79. The van der Waals surface area contributed by atoms with Gasteiger partial charge in [-0.2, -0.15) is 31.6 Å². The van der Waals surface area contributed by atoms with Gasteiger partial charge in [-0.05, 0) is 37.1 Å². The van der Waals surface area contributed by atoms with E-state index in [1.54, 1.807) is 13.0 Å². The van der Waals surface area contributed by atoms with Crippen LogP contribution in [0, 0.1) is 12.8 Å². The maximum atomic E-state index is 13.3. The monoisotopic (exact) mass is 442 g/mol. The van der Waals surface area contributed by atoms with E-state index in [4.69, 9.17) is 4.74 Å². The van der Waals surface area contributed by atoms with Crippen molar-refractivity contribution in [3.63, 3.8) is 0 Å². The molecule has 0 bridgehead atoms. The molecule has 0 spiro atoms. The van der Waals surface area contributed by atoms with Crippen LogP contribution in [0.1, 0.15) is 40.9 Å². The van der Waals surface area contributed by atoms with Gasteiger partial charge in [-0.1, -0.05) is 31.5 Å². The predicted molar refractivity (Wildman–Crippen MR) is 98.8 cm³/mol. The number of carbonyl (C=O) groups is 1. The predicted octanol–water partition coefficient (Wildman–Crippen LogP) is 3.48. The van der Waals surface area contributed by atoms with Crippen molar-refractivity contribution >= 4 is 19.4 Å². The summed E-state index contributed by atoms with van der Waals surface area (Å²) in [6.45, 7) is 5.96. The van der Waals surface area contributed by atoms with Crippen LogP contribution < -0.4 is 28.9 Å². The molecule has 0 fully saturated rings. The van der Waals surface area contributed by atoms with Crippen molar-refractivity contribution in [3.05, 3.63) is 58.7 Å². The van der Waals surface area contributed by atoms with E-state index in [9.17, 15) is 31.1 Å². The van der Waals surface area contributed by atoms with Gasteiger partial charge >= 0.3 is 31.2 Å². The van der Waals surface area contributed by atoms with Gasteiger partial charge in [0, 0.05) is 11.1 Å². The molecule has 0 aromatic heterocycles. The molecule has 0 saturated heterocycles. The Hall–Kier alpha value is -1.48. The molecular weight excluding hydrogens is 424 g/mol. The van der Waals surface area contributed by atoms with E-state index in [0.717, 1.165) is 0 Å². The van der Waals surface area contributed by atoms with Gasteiger partial charge in [-0.3, -0.25) is 0 Å². The van der Waals surface area contributed by atoms with E-state index >= 15 is 0 Å². The molecule has 0 radical (unpaired) electrons. The number of alkyl halides is 6. The number of halogens is 6. The maximum Gasteiger partial charge on any atom is 1.00 e. The van der Waals surface area contributed by atoms with Crippen molar-refractivity contribution in [2.45, 2.75) is 33.1 Å². The number of benzene rings is 2. The molecule has 0 atom stereocenters. The topological polar surface area (TPSA) is 26.3 Å². The van der Waals surface area contributed by atoms with E-state index < -0.39 is 34.6 Å². The zero-order chi connectivity index (χ0) is 22.0. The summed E-state index contributed by atoms with van der Waals surface area (Å²) in [5.41, 5.74) is -5.31. The molecule has 158 valence electrons. The Morgan fingerprint density at radius 2 is 1.53 bits per heavy atom. The van der Waals surface area contributed by atoms with E-state index in [1.807, 2.05) is 13.8 Å². The third-order valence-corrected chi connectivity index (χ3v) is 5.03. The molecule has 0 saturated carbocycles. The summed E-state index contributed by atoms with van der Waals surface area (Å²) in [7, 11) is -0.286. The van der Waals surface area contributed by atoms with Gasteiger partial charge in [-0.25, -0.2) is 0 Å². The normalized spacial score (nSPS) is 12.3. The van der Waals surface area contributed by atoms with Crippen molar-refractivity contribution in [1.82, 2.24) is 0 Å². The van der Waals surface area contributed by atoms with Gasteiger partial charge in [0.25, 0.3) is 0 Å².